The summed E-state index contributed by atoms with van der Waals surface area (Å²) in [6.07, 6.45) is 0. The SMILES string of the molecule is c1ccc([Si](c2ccccc2)(c2ccc(-c3nc(-n4c5ccccc5n5c6ccccc6nc45)cc(-n4c5ccccc5n5c6ccccc6nc45)n3)cc2)c2cccc3c2oc2ccccc23)cc1. The number of imidazole rings is 4. The molecule has 6 aromatic heterocycles. The number of benzene rings is 9. The van der Waals surface area contributed by atoms with E-state index in [1.807, 2.05) is 18.2 Å². The van der Waals surface area contributed by atoms with E-state index in [4.69, 9.17) is 24.4 Å². The molecule has 15 rings (SSSR count). The van der Waals surface area contributed by atoms with E-state index in [0.29, 0.717) is 17.5 Å². The number of para-hydroxylation sites is 10. The van der Waals surface area contributed by atoms with Crippen LogP contribution >= 0.6 is 0 Å². The first-order chi connectivity index (χ1) is 34.7. The molecule has 0 unspecified atom stereocenters. The largest absolute Gasteiger partial charge is 0.456 e. The Kier molecular flexibility index (Phi) is 8.19. The second kappa shape index (κ2) is 14.8. The molecule has 0 bridgehead atoms. The number of rotatable bonds is 7. The lowest BCUT2D eigenvalue weighted by molar-refractivity contribution is 0.671. The van der Waals surface area contributed by atoms with Crippen molar-refractivity contribution in [2.24, 2.45) is 0 Å². The van der Waals surface area contributed by atoms with Crippen LogP contribution in [0.5, 0.6) is 0 Å². The van der Waals surface area contributed by atoms with Crippen LogP contribution in [0.15, 0.2) is 235 Å². The minimum atomic E-state index is -3.08. The van der Waals surface area contributed by atoms with Crippen molar-refractivity contribution in [2.75, 3.05) is 0 Å². The first kappa shape index (κ1) is 38.7. The van der Waals surface area contributed by atoms with Gasteiger partial charge in [-0.25, -0.2) is 19.9 Å². The predicted molar refractivity (Wildman–Crippen MR) is 285 cm³/mol. The summed E-state index contributed by atoms with van der Waals surface area (Å²) in [5.41, 5.74) is 10.6. The summed E-state index contributed by atoms with van der Waals surface area (Å²) in [5, 5.41) is 7.14. The van der Waals surface area contributed by atoms with Gasteiger partial charge in [-0.2, -0.15) is 0 Å². The van der Waals surface area contributed by atoms with E-state index in [0.717, 1.165) is 83.2 Å². The molecule has 10 heteroatoms. The van der Waals surface area contributed by atoms with Gasteiger partial charge in [-0.05, 0) is 75.3 Å². The van der Waals surface area contributed by atoms with Crippen LogP contribution in [0.4, 0.5) is 0 Å². The average molecular weight is 915 g/mol. The van der Waals surface area contributed by atoms with E-state index in [1.54, 1.807) is 0 Å². The van der Waals surface area contributed by atoms with Gasteiger partial charge >= 0.3 is 0 Å². The topological polar surface area (TPSA) is 83.4 Å². The molecule has 0 N–H and O–H groups in total. The maximum atomic E-state index is 6.90. The smallest absolute Gasteiger partial charge is 0.221 e. The molecule has 0 saturated carbocycles. The third-order valence-electron chi connectivity index (χ3n) is 14.2. The highest BCUT2D eigenvalue weighted by Crippen LogP contribution is 2.34. The monoisotopic (exact) mass is 914 g/mol. The van der Waals surface area contributed by atoms with Crippen molar-refractivity contribution < 1.29 is 4.42 Å². The van der Waals surface area contributed by atoms with Crippen molar-refractivity contribution >= 4 is 106 Å². The van der Waals surface area contributed by atoms with E-state index in [-0.39, 0.29) is 0 Å². The summed E-state index contributed by atoms with van der Waals surface area (Å²) in [6.45, 7) is 0. The Hall–Kier alpha value is -9.38. The maximum absolute atomic E-state index is 6.90. The first-order valence-electron chi connectivity index (χ1n) is 23.5. The third kappa shape index (κ3) is 5.41. The average Bonchev–Trinajstić information content (AvgIpc) is 4.24. The number of fused-ring (bicyclic) bond motifs is 13. The molecule has 0 aliphatic heterocycles. The van der Waals surface area contributed by atoms with Gasteiger partial charge in [-0.15, -0.1) is 0 Å². The van der Waals surface area contributed by atoms with Crippen molar-refractivity contribution in [1.29, 1.82) is 0 Å². The molecule has 328 valence electrons. The number of aromatic nitrogens is 8. The zero-order valence-corrected chi connectivity index (χ0v) is 38.4. The molecule has 0 amide bonds. The van der Waals surface area contributed by atoms with Crippen molar-refractivity contribution in [1.82, 2.24) is 37.9 Å². The van der Waals surface area contributed by atoms with Crippen LogP contribution in [0.3, 0.4) is 0 Å². The summed E-state index contributed by atoms with van der Waals surface area (Å²) in [5.74, 6) is 3.48. The molecule has 0 saturated heterocycles. The standard InChI is InChI=1S/C60H38N8OSi/c1-3-18-40(19-4-1)70(41-20-5-2-6-21-41,54-33-17-23-44-43-22-7-16-32-53(43)69-57(44)54)42-36-34-39(35-37-42)58-63-55(67-51-30-14-12-28-49(51)65-47-26-10-8-24-45(47)61-59(65)67)38-56(64-58)68-52-31-15-13-29-50(52)66-48-27-11-9-25-46(48)62-60(66)68/h1-38H. The van der Waals surface area contributed by atoms with Crippen LogP contribution in [0.2, 0.25) is 0 Å². The molecule has 0 aliphatic rings. The molecule has 0 aliphatic carbocycles. The molecular weight excluding hydrogens is 877 g/mol. The van der Waals surface area contributed by atoms with Crippen molar-refractivity contribution in [2.45, 2.75) is 0 Å². The Labute approximate surface area is 400 Å². The van der Waals surface area contributed by atoms with Gasteiger partial charge in [0.25, 0.3) is 0 Å². The molecule has 0 atom stereocenters. The zero-order chi connectivity index (χ0) is 45.9. The fourth-order valence-corrected chi connectivity index (χ4v) is 16.0. The van der Waals surface area contributed by atoms with Crippen molar-refractivity contribution in [3.8, 4) is 23.0 Å². The van der Waals surface area contributed by atoms with E-state index >= 15 is 0 Å². The fraction of sp³-hybridized carbons (Fsp3) is 0. The lowest BCUT2D eigenvalue weighted by Gasteiger charge is -2.34. The van der Waals surface area contributed by atoms with Crippen LogP contribution in [-0.4, -0.2) is 45.9 Å². The molecule has 0 fully saturated rings. The number of furan rings is 1. The molecule has 6 heterocycles. The van der Waals surface area contributed by atoms with Gasteiger partial charge in [-0.1, -0.05) is 170 Å². The molecule has 9 aromatic carbocycles. The quantitative estimate of drug-likeness (QED) is 0.117. The molecule has 0 radical (unpaired) electrons. The Balaban J connectivity index is 1.00. The van der Waals surface area contributed by atoms with Gasteiger partial charge in [-0.3, -0.25) is 17.9 Å². The highest BCUT2D eigenvalue weighted by molar-refractivity contribution is 7.20. The first-order valence-corrected chi connectivity index (χ1v) is 25.5. The third-order valence-corrected chi connectivity index (χ3v) is 19.0. The molecular formula is C60H38N8OSi. The maximum Gasteiger partial charge on any atom is 0.221 e. The lowest BCUT2D eigenvalue weighted by atomic mass is 10.1. The lowest BCUT2D eigenvalue weighted by Crippen LogP contribution is -2.74. The van der Waals surface area contributed by atoms with Crippen LogP contribution < -0.4 is 20.7 Å². The summed E-state index contributed by atoms with van der Waals surface area (Å²) >= 11 is 0. The van der Waals surface area contributed by atoms with Gasteiger partial charge in [0, 0.05) is 22.4 Å². The zero-order valence-electron chi connectivity index (χ0n) is 37.4. The number of hydrogen-bond donors (Lipinski definition) is 0. The second-order valence-corrected chi connectivity index (χ2v) is 21.6. The van der Waals surface area contributed by atoms with E-state index in [2.05, 4.69) is 230 Å². The number of nitrogens with zero attached hydrogens (tertiary/aromatic N) is 8. The van der Waals surface area contributed by atoms with Gasteiger partial charge in [0.15, 0.2) is 13.9 Å². The van der Waals surface area contributed by atoms with Gasteiger partial charge in [0.05, 0.1) is 44.1 Å². The molecule has 70 heavy (non-hydrogen) atoms. The Bertz CT molecular complexity index is 4340. The molecule has 9 nitrogen and oxygen atoms in total. The Morgan fingerprint density at radius 3 is 1.39 bits per heavy atom. The number of hydrogen-bond acceptors (Lipinski definition) is 5. The van der Waals surface area contributed by atoms with Crippen LogP contribution in [0.1, 0.15) is 0 Å². The minimum absolute atomic E-state index is 0.573. The van der Waals surface area contributed by atoms with E-state index in [9.17, 15) is 0 Å². The predicted octanol–water partition coefficient (Wildman–Crippen LogP) is 10.9. The summed E-state index contributed by atoms with van der Waals surface area (Å²) in [7, 11) is -3.08. The van der Waals surface area contributed by atoms with E-state index in [1.165, 1.54) is 20.7 Å². The highest BCUT2D eigenvalue weighted by Gasteiger charge is 2.43. The fourth-order valence-electron chi connectivity index (χ4n) is 11.2. The Morgan fingerprint density at radius 1 is 0.357 bits per heavy atom. The van der Waals surface area contributed by atoms with E-state index < -0.39 is 8.07 Å². The van der Waals surface area contributed by atoms with Crippen LogP contribution in [0, 0.1) is 0 Å². The summed E-state index contributed by atoms with van der Waals surface area (Å²) in [4.78, 5) is 21.5. The van der Waals surface area contributed by atoms with Gasteiger partial charge in [0.1, 0.15) is 22.8 Å². The molecule has 15 aromatic rings. The van der Waals surface area contributed by atoms with Crippen molar-refractivity contribution in [3.05, 3.63) is 231 Å². The van der Waals surface area contributed by atoms with Crippen LogP contribution in [-0.2, 0) is 0 Å². The van der Waals surface area contributed by atoms with Gasteiger partial charge < -0.3 is 4.42 Å². The van der Waals surface area contributed by atoms with Crippen molar-refractivity contribution in [3.63, 3.8) is 0 Å². The molecule has 0 spiro atoms. The van der Waals surface area contributed by atoms with Crippen LogP contribution in [0.25, 0.3) is 101 Å². The Morgan fingerprint density at radius 2 is 0.814 bits per heavy atom. The van der Waals surface area contributed by atoms with Gasteiger partial charge in [0.2, 0.25) is 11.6 Å². The second-order valence-electron chi connectivity index (χ2n) is 17.9. The summed E-state index contributed by atoms with van der Waals surface area (Å²) in [6, 6.07) is 81.5. The summed E-state index contributed by atoms with van der Waals surface area (Å²) < 4.78 is 15.7. The minimum Gasteiger partial charge on any atom is -0.456 e. The highest BCUT2D eigenvalue weighted by atomic mass is 28.3. The normalized spacial score (nSPS) is 12.3.